The van der Waals surface area contributed by atoms with Gasteiger partial charge in [-0.2, -0.15) is 0 Å². The number of hydrogen-bond acceptors (Lipinski definition) is 4. The molecule has 0 bridgehead atoms. The van der Waals surface area contributed by atoms with E-state index in [4.69, 9.17) is 0 Å². The van der Waals surface area contributed by atoms with E-state index in [0.29, 0.717) is 25.2 Å². The second-order valence-corrected chi connectivity index (χ2v) is 5.84. The first-order valence-corrected chi connectivity index (χ1v) is 7.91. The summed E-state index contributed by atoms with van der Waals surface area (Å²) in [6.07, 6.45) is 10.2. The van der Waals surface area contributed by atoms with Gasteiger partial charge in [-0.1, -0.05) is 5.21 Å². The minimum atomic E-state index is -0.659. The SMILES string of the molecule is O=C1C(=O)N(CCCn2cc([C]3[CH][CH][CH][CH]3)nn2)c2ccc(F)cc21. The van der Waals surface area contributed by atoms with Crippen molar-refractivity contribution in [1.29, 1.82) is 0 Å². The molecule has 7 heteroatoms. The van der Waals surface area contributed by atoms with E-state index in [-0.39, 0.29) is 5.56 Å². The number of carbonyl (C=O) groups excluding carboxylic acids is 2. The van der Waals surface area contributed by atoms with Crippen LogP contribution in [0.15, 0.2) is 24.4 Å². The molecule has 1 aliphatic heterocycles. The van der Waals surface area contributed by atoms with Crippen LogP contribution < -0.4 is 4.90 Å². The summed E-state index contributed by atoms with van der Waals surface area (Å²) < 4.78 is 15.0. The number of Topliss-reactive ketones (excluding diaryl/α,β-unsaturated/α-hetero) is 1. The Balaban J connectivity index is 1.39. The number of nitrogens with zero attached hydrogens (tertiary/aromatic N) is 4. The first-order valence-electron chi connectivity index (χ1n) is 7.91. The number of carbonyl (C=O) groups is 2. The molecule has 25 heavy (non-hydrogen) atoms. The van der Waals surface area contributed by atoms with E-state index in [9.17, 15) is 14.0 Å². The number of aryl methyl sites for hydroxylation is 1. The highest BCUT2D eigenvalue weighted by Crippen LogP contribution is 2.30. The van der Waals surface area contributed by atoms with Crippen LogP contribution in [0.1, 0.15) is 22.5 Å². The molecule has 1 aromatic carbocycles. The number of fused-ring (bicyclic) bond motifs is 1. The van der Waals surface area contributed by atoms with Crippen LogP contribution in [0.25, 0.3) is 0 Å². The molecule has 2 heterocycles. The standard InChI is InChI=1S/C18H14FN4O2/c19-13-6-7-16-14(10-13)17(24)18(25)23(16)9-3-8-22-11-15(20-21-22)12-4-1-2-5-12/h1-2,4-7,10-11H,3,8-9H2. The number of hydrogen-bond donors (Lipinski definition) is 0. The average Bonchev–Trinajstić information content (AvgIpc) is 3.32. The second-order valence-electron chi connectivity index (χ2n) is 5.84. The highest BCUT2D eigenvalue weighted by molar-refractivity contribution is 6.52. The van der Waals surface area contributed by atoms with Crippen molar-refractivity contribution >= 4 is 17.4 Å². The van der Waals surface area contributed by atoms with Gasteiger partial charge in [0.1, 0.15) is 5.82 Å². The van der Waals surface area contributed by atoms with Crippen molar-refractivity contribution in [2.24, 2.45) is 0 Å². The quantitative estimate of drug-likeness (QED) is 0.780. The van der Waals surface area contributed by atoms with Gasteiger partial charge in [-0.3, -0.25) is 14.3 Å². The fraction of sp³-hybridized carbons (Fsp3) is 0.167. The molecule has 1 amide bonds. The molecule has 125 valence electrons. The zero-order valence-corrected chi connectivity index (χ0v) is 13.2. The van der Waals surface area contributed by atoms with Crippen LogP contribution in [0, 0.1) is 37.4 Å². The highest BCUT2D eigenvalue weighted by Gasteiger charge is 2.35. The Hall–Kier alpha value is -2.57. The van der Waals surface area contributed by atoms with Gasteiger partial charge in [-0.05, 0) is 50.3 Å². The van der Waals surface area contributed by atoms with Gasteiger partial charge < -0.3 is 4.90 Å². The molecule has 6 nitrogen and oxygen atoms in total. The van der Waals surface area contributed by atoms with Crippen LogP contribution in [0.4, 0.5) is 10.1 Å². The third kappa shape index (κ3) is 2.94. The van der Waals surface area contributed by atoms with E-state index in [1.165, 1.54) is 17.0 Å². The molecule has 0 saturated heterocycles. The van der Waals surface area contributed by atoms with Crippen molar-refractivity contribution in [3.63, 3.8) is 0 Å². The van der Waals surface area contributed by atoms with Gasteiger partial charge in [0, 0.05) is 25.2 Å². The maximum atomic E-state index is 13.3. The van der Waals surface area contributed by atoms with E-state index in [0.717, 1.165) is 17.7 Å². The minimum absolute atomic E-state index is 0.129. The predicted molar refractivity (Wildman–Crippen MR) is 87.3 cm³/mol. The lowest BCUT2D eigenvalue weighted by atomic mass is 10.1. The van der Waals surface area contributed by atoms with Crippen molar-refractivity contribution in [3.05, 3.63) is 73.1 Å². The van der Waals surface area contributed by atoms with Gasteiger partial charge in [-0.15, -0.1) is 5.10 Å². The summed E-state index contributed by atoms with van der Waals surface area (Å²) in [6.45, 7) is 0.914. The van der Waals surface area contributed by atoms with Crippen LogP contribution in [0.3, 0.4) is 0 Å². The normalized spacial score (nSPS) is 17.6. The number of ketones is 1. The lowest BCUT2D eigenvalue weighted by molar-refractivity contribution is -0.114. The number of aromatic nitrogens is 3. The van der Waals surface area contributed by atoms with Crippen molar-refractivity contribution in [2.45, 2.75) is 13.0 Å². The largest absolute Gasteiger partial charge is 0.305 e. The summed E-state index contributed by atoms with van der Waals surface area (Å²) >= 11 is 0. The van der Waals surface area contributed by atoms with E-state index < -0.39 is 17.5 Å². The van der Waals surface area contributed by atoms with Crippen molar-refractivity contribution < 1.29 is 14.0 Å². The molecule has 0 atom stereocenters. The fourth-order valence-corrected chi connectivity index (χ4v) is 2.97. The molecule has 0 unspecified atom stereocenters. The van der Waals surface area contributed by atoms with Crippen LogP contribution in [0.5, 0.6) is 0 Å². The van der Waals surface area contributed by atoms with E-state index in [1.807, 2.05) is 31.9 Å². The molecule has 0 spiro atoms. The average molecular weight is 337 g/mol. The van der Waals surface area contributed by atoms with Crippen LogP contribution >= 0.6 is 0 Å². The molecule has 0 N–H and O–H groups in total. The topological polar surface area (TPSA) is 68.1 Å². The Kier molecular flexibility index (Phi) is 4.07. The molecule has 1 saturated carbocycles. The zero-order chi connectivity index (χ0) is 17.4. The number of amides is 1. The number of halogens is 1. The number of rotatable bonds is 5. The molecule has 5 radical (unpaired) electrons. The monoisotopic (exact) mass is 337 g/mol. The maximum absolute atomic E-state index is 13.3. The summed E-state index contributed by atoms with van der Waals surface area (Å²) in [7, 11) is 0. The van der Waals surface area contributed by atoms with Crippen molar-refractivity contribution in [1.82, 2.24) is 15.0 Å². The molecule has 2 aromatic rings. The fourth-order valence-electron chi connectivity index (χ4n) is 2.97. The van der Waals surface area contributed by atoms with E-state index in [2.05, 4.69) is 10.3 Å². The van der Waals surface area contributed by atoms with Gasteiger partial charge in [0.2, 0.25) is 0 Å². The molecule has 2 aliphatic rings. The Morgan fingerprint density at radius 3 is 2.68 bits per heavy atom. The van der Waals surface area contributed by atoms with Gasteiger partial charge in [0.25, 0.3) is 11.7 Å². The third-order valence-electron chi connectivity index (χ3n) is 4.20. The number of anilines is 1. The summed E-state index contributed by atoms with van der Waals surface area (Å²) in [5.74, 6) is -0.794. The Morgan fingerprint density at radius 1 is 1.08 bits per heavy atom. The van der Waals surface area contributed by atoms with Gasteiger partial charge in [-0.25, -0.2) is 4.39 Å². The van der Waals surface area contributed by atoms with Gasteiger partial charge in [0.15, 0.2) is 0 Å². The first-order chi connectivity index (χ1) is 12.1. The molecule has 4 rings (SSSR count). The zero-order valence-electron chi connectivity index (χ0n) is 13.2. The van der Waals surface area contributed by atoms with E-state index >= 15 is 0 Å². The van der Waals surface area contributed by atoms with Crippen LogP contribution in [0.2, 0.25) is 0 Å². The molecule has 1 aliphatic carbocycles. The second kappa shape index (κ2) is 6.38. The molecular weight excluding hydrogens is 323 g/mol. The summed E-state index contributed by atoms with van der Waals surface area (Å²) in [6, 6.07) is 3.83. The molecular formula is C18H14FN4O2. The summed E-state index contributed by atoms with van der Waals surface area (Å²) in [5, 5.41) is 8.19. The van der Waals surface area contributed by atoms with Crippen molar-refractivity contribution in [2.75, 3.05) is 11.4 Å². The minimum Gasteiger partial charge on any atom is -0.305 e. The Morgan fingerprint density at radius 2 is 1.88 bits per heavy atom. The predicted octanol–water partition coefficient (Wildman–Crippen LogP) is 1.79. The lowest BCUT2D eigenvalue weighted by Gasteiger charge is -2.16. The number of benzene rings is 1. The lowest BCUT2D eigenvalue weighted by Crippen LogP contribution is -2.31. The first kappa shape index (κ1) is 15.9. The Labute approximate surface area is 144 Å². The molecule has 1 fully saturated rings. The van der Waals surface area contributed by atoms with Gasteiger partial charge in [0.05, 0.1) is 16.9 Å². The smallest absolute Gasteiger partial charge is 0.299 e. The molecule has 1 aromatic heterocycles. The summed E-state index contributed by atoms with van der Waals surface area (Å²) in [4.78, 5) is 25.4. The van der Waals surface area contributed by atoms with Crippen LogP contribution in [-0.4, -0.2) is 33.2 Å². The van der Waals surface area contributed by atoms with Crippen molar-refractivity contribution in [3.8, 4) is 0 Å². The van der Waals surface area contributed by atoms with Crippen LogP contribution in [-0.2, 0) is 11.3 Å². The Bertz CT molecular complexity index is 826. The summed E-state index contributed by atoms with van der Waals surface area (Å²) in [5.41, 5.74) is 1.38. The van der Waals surface area contributed by atoms with Gasteiger partial charge >= 0.3 is 0 Å². The van der Waals surface area contributed by atoms with E-state index in [1.54, 1.807) is 4.68 Å². The third-order valence-corrected chi connectivity index (χ3v) is 4.20. The maximum Gasteiger partial charge on any atom is 0.299 e. The highest BCUT2D eigenvalue weighted by atomic mass is 19.1.